The van der Waals surface area contributed by atoms with Crippen molar-refractivity contribution < 1.29 is 0 Å². The first-order valence-corrected chi connectivity index (χ1v) is 7.84. The maximum atomic E-state index is 4.75. The maximum absolute atomic E-state index is 4.75. The Labute approximate surface area is 128 Å². The molecule has 2 aromatic rings. The molecule has 0 bridgehead atoms. The van der Waals surface area contributed by atoms with Gasteiger partial charge in [-0.2, -0.15) is 0 Å². The fourth-order valence-corrected chi connectivity index (χ4v) is 3.17. The Balaban J connectivity index is 1.92. The average Bonchev–Trinajstić information content (AvgIpc) is 2.91. The van der Waals surface area contributed by atoms with Crippen LogP contribution in [0.4, 0.5) is 0 Å². The van der Waals surface area contributed by atoms with E-state index in [4.69, 9.17) is 4.98 Å². The van der Waals surface area contributed by atoms with Gasteiger partial charge < -0.3 is 5.32 Å². The molecule has 1 aliphatic rings. The molecule has 0 amide bonds. The van der Waals surface area contributed by atoms with Crippen molar-refractivity contribution in [3.63, 3.8) is 0 Å². The first-order chi connectivity index (χ1) is 9.72. The van der Waals surface area contributed by atoms with Crippen molar-refractivity contribution in [1.82, 2.24) is 15.3 Å². The number of halogens is 1. The SMILES string of the molecule is Cc1cc(-c2ccccc2Br)nc(CC2CCCN2)n1. The number of hydrogen-bond donors (Lipinski definition) is 1. The zero-order valence-electron chi connectivity index (χ0n) is 11.6. The van der Waals surface area contributed by atoms with Gasteiger partial charge in [0.15, 0.2) is 0 Å². The minimum atomic E-state index is 0.531. The molecule has 1 aromatic carbocycles. The third kappa shape index (κ3) is 3.07. The van der Waals surface area contributed by atoms with Crippen LogP contribution in [0.15, 0.2) is 34.8 Å². The highest BCUT2D eigenvalue weighted by Gasteiger charge is 2.17. The fraction of sp³-hybridized carbons (Fsp3) is 0.375. The molecule has 1 aromatic heterocycles. The van der Waals surface area contributed by atoms with Crippen LogP contribution in [0.25, 0.3) is 11.3 Å². The molecule has 4 heteroatoms. The third-order valence-electron chi connectivity index (χ3n) is 3.64. The number of nitrogens with zero attached hydrogens (tertiary/aromatic N) is 2. The Bertz CT molecular complexity index is 606. The highest BCUT2D eigenvalue weighted by atomic mass is 79.9. The summed E-state index contributed by atoms with van der Waals surface area (Å²) >= 11 is 3.60. The summed E-state index contributed by atoms with van der Waals surface area (Å²) in [7, 11) is 0. The van der Waals surface area contributed by atoms with Gasteiger partial charge in [0, 0.05) is 28.2 Å². The topological polar surface area (TPSA) is 37.8 Å². The van der Waals surface area contributed by atoms with Crippen LogP contribution in [0.5, 0.6) is 0 Å². The largest absolute Gasteiger partial charge is 0.314 e. The van der Waals surface area contributed by atoms with E-state index in [1.807, 2.05) is 31.2 Å². The highest BCUT2D eigenvalue weighted by Crippen LogP contribution is 2.27. The molecule has 2 heterocycles. The van der Waals surface area contributed by atoms with Crippen molar-refractivity contribution in [2.75, 3.05) is 6.54 Å². The normalized spacial score (nSPS) is 18.4. The van der Waals surface area contributed by atoms with Gasteiger partial charge in [-0.1, -0.05) is 34.1 Å². The van der Waals surface area contributed by atoms with Gasteiger partial charge in [0.2, 0.25) is 0 Å². The highest BCUT2D eigenvalue weighted by molar-refractivity contribution is 9.10. The van der Waals surface area contributed by atoms with Crippen LogP contribution in [-0.4, -0.2) is 22.6 Å². The lowest BCUT2D eigenvalue weighted by atomic mass is 10.1. The number of nitrogens with one attached hydrogen (secondary N) is 1. The molecule has 20 heavy (non-hydrogen) atoms. The third-order valence-corrected chi connectivity index (χ3v) is 4.33. The van der Waals surface area contributed by atoms with E-state index in [0.717, 1.165) is 40.2 Å². The molecule has 1 saturated heterocycles. The smallest absolute Gasteiger partial charge is 0.130 e. The summed E-state index contributed by atoms with van der Waals surface area (Å²) in [6.07, 6.45) is 3.40. The molecule has 1 atom stereocenters. The molecule has 1 unspecified atom stereocenters. The van der Waals surface area contributed by atoms with Crippen molar-refractivity contribution in [2.45, 2.75) is 32.2 Å². The second kappa shape index (κ2) is 6.02. The lowest BCUT2D eigenvalue weighted by Gasteiger charge is -2.11. The molecule has 1 N–H and O–H groups in total. The zero-order valence-corrected chi connectivity index (χ0v) is 13.2. The van der Waals surface area contributed by atoms with Crippen LogP contribution >= 0.6 is 15.9 Å². The minimum Gasteiger partial charge on any atom is -0.314 e. The van der Waals surface area contributed by atoms with E-state index in [2.05, 4.69) is 32.3 Å². The van der Waals surface area contributed by atoms with Crippen molar-refractivity contribution in [3.05, 3.63) is 46.3 Å². The van der Waals surface area contributed by atoms with Crippen molar-refractivity contribution in [2.24, 2.45) is 0 Å². The van der Waals surface area contributed by atoms with Crippen LogP contribution in [0, 0.1) is 6.92 Å². The van der Waals surface area contributed by atoms with Gasteiger partial charge >= 0.3 is 0 Å². The molecule has 1 aliphatic heterocycles. The molecule has 0 radical (unpaired) electrons. The number of hydrogen-bond acceptors (Lipinski definition) is 3. The van der Waals surface area contributed by atoms with Crippen LogP contribution in [0.1, 0.15) is 24.4 Å². The number of aryl methyl sites for hydroxylation is 1. The molecule has 0 spiro atoms. The molecule has 104 valence electrons. The summed E-state index contributed by atoms with van der Waals surface area (Å²) in [4.78, 5) is 9.33. The Hall–Kier alpha value is -1.26. The number of rotatable bonds is 3. The minimum absolute atomic E-state index is 0.531. The molecule has 0 aliphatic carbocycles. The predicted octanol–water partition coefficient (Wildman–Crippen LogP) is 3.51. The zero-order chi connectivity index (χ0) is 13.9. The summed E-state index contributed by atoms with van der Waals surface area (Å²) in [5, 5.41) is 3.51. The van der Waals surface area contributed by atoms with E-state index in [-0.39, 0.29) is 0 Å². The summed E-state index contributed by atoms with van der Waals surface area (Å²) in [5.41, 5.74) is 3.15. The van der Waals surface area contributed by atoms with Gasteiger partial charge in [0.1, 0.15) is 5.82 Å². The summed E-state index contributed by atoms with van der Waals surface area (Å²) in [6.45, 7) is 3.15. The quantitative estimate of drug-likeness (QED) is 0.935. The van der Waals surface area contributed by atoms with E-state index in [1.165, 1.54) is 12.8 Å². The molecule has 3 rings (SSSR count). The van der Waals surface area contributed by atoms with E-state index in [1.54, 1.807) is 0 Å². The summed E-state index contributed by atoms with van der Waals surface area (Å²) < 4.78 is 1.07. The Kier molecular flexibility index (Phi) is 4.13. The van der Waals surface area contributed by atoms with Crippen LogP contribution in [-0.2, 0) is 6.42 Å². The van der Waals surface area contributed by atoms with Crippen molar-refractivity contribution in [1.29, 1.82) is 0 Å². The van der Waals surface area contributed by atoms with Gasteiger partial charge in [0.05, 0.1) is 5.69 Å². The Morgan fingerprint density at radius 3 is 2.90 bits per heavy atom. The Morgan fingerprint density at radius 2 is 2.15 bits per heavy atom. The van der Waals surface area contributed by atoms with Crippen molar-refractivity contribution in [3.8, 4) is 11.3 Å². The molecular formula is C16H18BrN3. The van der Waals surface area contributed by atoms with Gasteiger partial charge in [-0.25, -0.2) is 9.97 Å². The first kappa shape index (κ1) is 13.7. The van der Waals surface area contributed by atoms with Gasteiger partial charge in [-0.3, -0.25) is 0 Å². The van der Waals surface area contributed by atoms with Gasteiger partial charge in [-0.15, -0.1) is 0 Å². The first-order valence-electron chi connectivity index (χ1n) is 7.05. The predicted molar refractivity (Wildman–Crippen MR) is 84.6 cm³/mol. The standard InChI is InChI=1S/C16H18BrN3/c1-11-9-15(13-6-2-3-7-14(13)17)20-16(19-11)10-12-5-4-8-18-12/h2-3,6-7,9,12,18H,4-5,8,10H2,1H3. The van der Waals surface area contributed by atoms with Crippen molar-refractivity contribution >= 4 is 15.9 Å². The van der Waals surface area contributed by atoms with E-state index in [0.29, 0.717) is 6.04 Å². The lowest BCUT2D eigenvalue weighted by Crippen LogP contribution is -2.24. The van der Waals surface area contributed by atoms with E-state index < -0.39 is 0 Å². The second-order valence-corrected chi connectivity index (χ2v) is 6.14. The van der Waals surface area contributed by atoms with Crippen LogP contribution in [0.2, 0.25) is 0 Å². The lowest BCUT2D eigenvalue weighted by molar-refractivity contribution is 0.584. The van der Waals surface area contributed by atoms with Gasteiger partial charge in [-0.05, 0) is 38.4 Å². The number of benzene rings is 1. The molecular weight excluding hydrogens is 314 g/mol. The molecule has 1 fully saturated rings. The Morgan fingerprint density at radius 1 is 1.30 bits per heavy atom. The second-order valence-electron chi connectivity index (χ2n) is 5.29. The monoisotopic (exact) mass is 331 g/mol. The number of aromatic nitrogens is 2. The summed E-state index contributed by atoms with van der Waals surface area (Å²) in [6, 6.07) is 10.8. The summed E-state index contributed by atoms with van der Waals surface area (Å²) in [5.74, 6) is 0.940. The fourth-order valence-electron chi connectivity index (χ4n) is 2.68. The van der Waals surface area contributed by atoms with E-state index >= 15 is 0 Å². The van der Waals surface area contributed by atoms with E-state index in [9.17, 15) is 0 Å². The maximum Gasteiger partial charge on any atom is 0.130 e. The molecule has 3 nitrogen and oxygen atoms in total. The van der Waals surface area contributed by atoms with Crippen LogP contribution < -0.4 is 5.32 Å². The average molecular weight is 332 g/mol. The molecule has 0 saturated carbocycles. The van der Waals surface area contributed by atoms with Crippen LogP contribution in [0.3, 0.4) is 0 Å². The van der Waals surface area contributed by atoms with Gasteiger partial charge in [0.25, 0.3) is 0 Å².